The number of ketones is 2. The molecule has 2 aliphatic carbocycles. The summed E-state index contributed by atoms with van der Waals surface area (Å²) in [6.07, 6.45) is 5.63. The van der Waals surface area contributed by atoms with Crippen molar-refractivity contribution in [3.63, 3.8) is 0 Å². The molecular formula is C33H37ClF3N7O3. The van der Waals surface area contributed by atoms with E-state index in [1.165, 1.54) is 28.7 Å². The summed E-state index contributed by atoms with van der Waals surface area (Å²) in [5.74, 6) is -0.0598. The topological polar surface area (TPSA) is 138 Å². The normalized spacial score (nSPS) is 23.8. The minimum atomic E-state index is -4.66. The van der Waals surface area contributed by atoms with Crippen molar-refractivity contribution >= 4 is 29.2 Å². The summed E-state index contributed by atoms with van der Waals surface area (Å²) in [7, 11) is 1.53. The maximum Gasteiger partial charge on any atom is 0.435 e. The van der Waals surface area contributed by atoms with Gasteiger partial charge in [-0.05, 0) is 80.4 Å². The number of hydrogen-bond donors (Lipinski definition) is 2. The van der Waals surface area contributed by atoms with Gasteiger partial charge in [0.25, 0.3) is 0 Å². The van der Waals surface area contributed by atoms with Crippen LogP contribution in [-0.4, -0.2) is 61.0 Å². The van der Waals surface area contributed by atoms with Crippen molar-refractivity contribution in [3.05, 3.63) is 58.3 Å². The first-order valence-electron chi connectivity index (χ1n) is 16.2. The van der Waals surface area contributed by atoms with Crippen LogP contribution in [-0.2, 0) is 13.2 Å². The van der Waals surface area contributed by atoms with E-state index in [-0.39, 0.29) is 40.7 Å². The molecule has 3 atom stereocenters. The van der Waals surface area contributed by atoms with Crippen LogP contribution in [0.15, 0.2) is 30.6 Å². The number of rotatable bonds is 9. The third-order valence-corrected chi connectivity index (χ3v) is 10.9. The standard InChI is InChI=1S/C33H37ClF3N7O3/c1-42-24(22-17-44(41-29(22)33(35,36)37)20-14-32(15-20)9-10-32)16-39-30(42)28(46)27-26(40-27)19-5-6-21(23(34)13-19)25(45)7-4-18-3-2-11-43(12-8-18)31(38)47/h5-6,13,16-18,20,26-27,40H,2-4,7-12,14-15H2,1H3,(H2,38,47). The molecule has 10 nitrogen and oxygen atoms in total. The minimum Gasteiger partial charge on any atom is -0.351 e. The summed E-state index contributed by atoms with van der Waals surface area (Å²) in [4.78, 5) is 43.8. The number of imidazole rings is 1. The maximum atomic E-state index is 14.0. The Morgan fingerprint density at radius 3 is 2.60 bits per heavy atom. The highest BCUT2D eigenvalue weighted by atomic mass is 35.5. The van der Waals surface area contributed by atoms with Crippen LogP contribution in [0.25, 0.3) is 11.3 Å². The van der Waals surface area contributed by atoms with Crippen molar-refractivity contribution in [2.75, 3.05) is 13.1 Å². The van der Waals surface area contributed by atoms with E-state index in [2.05, 4.69) is 15.4 Å². The van der Waals surface area contributed by atoms with Gasteiger partial charge in [0.2, 0.25) is 5.78 Å². The highest BCUT2D eigenvalue weighted by Crippen LogP contribution is 2.65. The van der Waals surface area contributed by atoms with Gasteiger partial charge in [0.15, 0.2) is 17.3 Å². The van der Waals surface area contributed by atoms with E-state index >= 15 is 0 Å². The molecule has 3 N–H and O–H groups in total. The third kappa shape index (κ3) is 6.19. The number of carbonyl (C=O) groups is 3. The van der Waals surface area contributed by atoms with Crippen LogP contribution in [0.3, 0.4) is 0 Å². The Hall–Kier alpha value is -3.71. The van der Waals surface area contributed by atoms with Crippen molar-refractivity contribution < 1.29 is 27.6 Å². The van der Waals surface area contributed by atoms with Gasteiger partial charge >= 0.3 is 12.2 Å². The molecule has 14 heteroatoms. The van der Waals surface area contributed by atoms with Crippen LogP contribution in [0.5, 0.6) is 0 Å². The molecule has 2 aliphatic heterocycles. The Bertz CT molecular complexity index is 1740. The Morgan fingerprint density at radius 1 is 1.15 bits per heavy atom. The maximum absolute atomic E-state index is 14.0. The average molecular weight is 672 g/mol. The van der Waals surface area contributed by atoms with Gasteiger partial charge < -0.3 is 15.2 Å². The van der Waals surface area contributed by atoms with Gasteiger partial charge in [-0.3, -0.25) is 19.6 Å². The summed E-state index contributed by atoms with van der Waals surface area (Å²) in [6.45, 7) is 1.23. The van der Waals surface area contributed by atoms with E-state index in [4.69, 9.17) is 17.3 Å². The molecule has 250 valence electrons. The van der Waals surface area contributed by atoms with Crippen molar-refractivity contribution in [3.8, 4) is 11.3 Å². The summed E-state index contributed by atoms with van der Waals surface area (Å²) < 4.78 is 44.9. The lowest BCUT2D eigenvalue weighted by Crippen LogP contribution is -2.36. The largest absolute Gasteiger partial charge is 0.435 e. The van der Waals surface area contributed by atoms with Crippen LogP contribution in [0.2, 0.25) is 5.02 Å². The number of aromatic nitrogens is 4. The molecule has 4 aliphatic rings. The zero-order valence-corrected chi connectivity index (χ0v) is 26.8. The summed E-state index contributed by atoms with van der Waals surface area (Å²) in [5.41, 5.74) is 5.96. The van der Waals surface area contributed by atoms with Gasteiger partial charge in [-0.25, -0.2) is 9.78 Å². The molecule has 3 unspecified atom stereocenters. The number of alkyl halides is 3. The fourth-order valence-electron chi connectivity index (χ4n) is 7.46. The molecule has 0 radical (unpaired) electrons. The second-order valence-corrected chi connectivity index (χ2v) is 14.2. The van der Waals surface area contributed by atoms with Crippen molar-refractivity contribution in [1.82, 2.24) is 29.5 Å². The van der Waals surface area contributed by atoms with Gasteiger partial charge in [-0.2, -0.15) is 18.3 Å². The number of nitrogens with one attached hydrogen (secondary N) is 1. The smallest absolute Gasteiger partial charge is 0.351 e. The van der Waals surface area contributed by atoms with Crippen molar-refractivity contribution in [2.24, 2.45) is 24.1 Å². The number of primary amides is 1. The molecule has 3 aromatic rings. The number of carbonyl (C=O) groups excluding carboxylic acids is 3. The van der Waals surface area contributed by atoms with Crippen LogP contribution >= 0.6 is 11.6 Å². The SMILES string of the molecule is Cn1c(-c2cn(C3CC4(CC4)C3)nc2C(F)(F)F)cnc1C(=O)C1NC1c1ccc(C(=O)CCC2CCCN(C(N)=O)CC2)c(Cl)c1. The third-order valence-electron chi connectivity index (χ3n) is 10.6. The Labute approximate surface area is 274 Å². The Balaban J connectivity index is 0.997. The molecule has 47 heavy (non-hydrogen) atoms. The number of Topliss-reactive ketones (excluding diaryl/α,β-unsaturated/α-hetero) is 2. The lowest BCUT2D eigenvalue weighted by atomic mass is 9.77. The summed E-state index contributed by atoms with van der Waals surface area (Å²) in [6, 6.07) is 3.65. The van der Waals surface area contributed by atoms with Gasteiger partial charge in [0, 0.05) is 38.3 Å². The first-order valence-corrected chi connectivity index (χ1v) is 16.6. The number of halogens is 4. The molecule has 4 heterocycles. The van der Waals surface area contributed by atoms with Crippen LogP contribution in [0.1, 0.15) is 102 Å². The summed E-state index contributed by atoms with van der Waals surface area (Å²) in [5, 5.41) is 7.36. The number of hydrogen-bond acceptors (Lipinski definition) is 6. The van der Waals surface area contributed by atoms with Crippen LogP contribution in [0, 0.1) is 11.3 Å². The van der Waals surface area contributed by atoms with Crippen LogP contribution < -0.4 is 11.1 Å². The fraction of sp³-hybridized carbons (Fsp3) is 0.545. The minimum absolute atomic E-state index is 0.0387. The Kier molecular flexibility index (Phi) is 7.98. The van der Waals surface area contributed by atoms with Crippen molar-refractivity contribution in [1.29, 1.82) is 0 Å². The molecule has 0 bridgehead atoms. The van der Waals surface area contributed by atoms with E-state index in [1.807, 2.05) is 0 Å². The van der Waals surface area contributed by atoms with Gasteiger partial charge in [-0.15, -0.1) is 0 Å². The number of benzene rings is 1. The average Bonchev–Trinajstić information content (AvgIpc) is 3.91. The van der Waals surface area contributed by atoms with E-state index in [0.717, 1.165) is 50.5 Å². The molecule has 2 amide bonds. The first kappa shape index (κ1) is 31.9. The molecular weight excluding hydrogens is 635 g/mol. The fourth-order valence-corrected chi connectivity index (χ4v) is 7.76. The molecule has 4 fully saturated rings. The highest BCUT2D eigenvalue weighted by Gasteiger charge is 2.54. The van der Waals surface area contributed by atoms with Gasteiger partial charge in [0.05, 0.1) is 40.6 Å². The zero-order valence-electron chi connectivity index (χ0n) is 26.0. The Morgan fingerprint density at radius 2 is 1.91 bits per heavy atom. The number of urea groups is 1. The lowest BCUT2D eigenvalue weighted by molar-refractivity contribution is -0.141. The lowest BCUT2D eigenvalue weighted by Gasteiger charge is -2.35. The second kappa shape index (κ2) is 11.8. The monoisotopic (exact) mass is 671 g/mol. The number of nitrogens with two attached hydrogens (primary N) is 1. The predicted molar refractivity (Wildman–Crippen MR) is 167 cm³/mol. The molecule has 2 saturated carbocycles. The van der Waals surface area contributed by atoms with Gasteiger partial charge in [0.1, 0.15) is 0 Å². The second-order valence-electron chi connectivity index (χ2n) is 13.8. The quantitative estimate of drug-likeness (QED) is 0.208. The summed E-state index contributed by atoms with van der Waals surface area (Å²) >= 11 is 6.54. The number of nitrogens with zero attached hydrogens (tertiary/aromatic N) is 5. The molecule has 7 rings (SSSR count). The molecule has 2 saturated heterocycles. The number of amides is 2. The molecule has 1 spiro atoms. The number of likely N-dealkylation sites (tertiary alicyclic amines) is 1. The van der Waals surface area contributed by atoms with E-state index in [1.54, 1.807) is 23.1 Å². The highest BCUT2D eigenvalue weighted by molar-refractivity contribution is 6.34. The van der Waals surface area contributed by atoms with Crippen LogP contribution in [0.4, 0.5) is 18.0 Å². The predicted octanol–water partition coefficient (Wildman–Crippen LogP) is 6.11. The first-order chi connectivity index (χ1) is 22.3. The van der Waals surface area contributed by atoms with Gasteiger partial charge in [-0.1, -0.05) is 17.7 Å². The van der Waals surface area contributed by atoms with Crippen molar-refractivity contribution in [2.45, 2.75) is 82.1 Å². The zero-order chi connectivity index (χ0) is 33.2. The van der Waals surface area contributed by atoms with E-state index in [0.29, 0.717) is 47.9 Å². The van der Waals surface area contributed by atoms with E-state index in [9.17, 15) is 27.6 Å². The molecule has 2 aromatic heterocycles. The molecule has 1 aromatic carbocycles. The van der Waals surface area contributed by atoms with E-state index < -0.39 is 23.9 Å².